The molecule has 2 aromatic rings. The number of ketones is 1. The Balaban J connectivity index is 2.38. The van der Waals surface area contributed by atoms with Crippen LogP contribution in [0.4, 0.5) is 0 Å². The van der Waals surface area contributed by atoms with E-state index in [1.807, 2.05) is 46.8 Å². The number of ether oxygens (including phenoxy) is 1. The molecule has 0 radical (unpaired) electrons. The molecule has 34 heavy (non-hydrogen) atoms. The lowest BCUT2D eigenvalue weighted by atomic mass is 9.74. The molecule has 8 heteroatoms. The molecule has 0 amide bonds. The summed E-state index contributed by atoms with van der Waals surface area (Å²) < 4.78 is 22.0. The van der Waals surface area contributed by atoms with Crippen molar-refractivity contribution in [2.24, 2.45) is 5.41 Å². The van der Waals surface area contributed by atoms with Crippen molar-refractivity contribution in [2.45, 2.75) is 83.9 Å². The van der Waals surface area contributed by atoms with Gasteiger partial charge < -0.3 is 9.84 Å². The highest BCUT2D eigenvalue weighted by Crippen LogP contribution is 2.44. The number of carbonyl (C=O) groups is 2. The van der Waals surface area contributed by atoms with E-state index >= 15 is 0 Å². The van der Waals surface area contributed by atoms with Gasteiger partial charge in [0.1, 0.15) is 33.6 Å². The van der Waals surface area contributed by atoms with E-state index in [2.05, 4.69) is 30.7 Å². The number of nitrogens with one attached hydrogen (secondary N) is 1. The van der Waals surface area contributed by atoms with E-state index < -0.39 is 28.4 Å². The van der Waals surface area contributed by atoms with Crippen molar-refractivity contribution >= 4 is 34.1 Å². The fourth-order valence-electron chi connectivity index (χ4n) is 3.77. The van der Waals surface area contributed by atoms with E-state index in [9.17, 15) is 13.8 Å². The molecule has 2 rings (SSSR count). The maximum absolute atomic E-state index is 12.8. The fourth-order valence-corrected chi connectivity index (χ4v) is 6.62. The molecule has 1 aromatic heterocycles. The lowest BCUT2D eigenvalue weighted by Gasteiger charge is -2.32. The summed E-state index contributed by atoms with van der Waals surface area (Å²) in [5.74, 6) is -0.299. The first kappa shape index (κ1) is 28.2. The molecule has 0 spiro atoms. The van der Waals surface area contributed by atoms with Gasteiger partial charge in [0, 0.05) is 15.7 Å². The Morgan fingerprint density at radius 2 is 1.74 bits per heavy atom. The zero-order chi connectivity index (χ0) is 25.8. The molecule has 1 unspecified atom stereocenters. The van der Waals surface area contributed by atoms with Crippen LogP contribution >= 0.6 is 11.3 Å². The lowest BCUT2D eigenvalue weighted by molar-refractivity contribution is -0.138. The van der Waals surface area contributed by atoms with Crippen LogP contribution < -0.4 is 9.46 Å². The van der Waals surface area contributed by atoms with Gasteiger partial charge in [-0.1, -0.05) is 46.8 Å². The highest BCUT2D eigenvalue weighted by atomic mass is 32.2. The standard InChI is InChI=1S/C26H37NO5S2/c1-9-26(10-2,22-14-17(4)24(33-22)34(31)27-18(5)23(29)30)19-11-12-20(16(3)13-19)32-15-21(28)25(6,7)8/h11-14,18,27H,9-10,15H2,1-8H3,(H,29,30)/t18-,34?/m1/s1. The molecule has 0 fully saturated rings. The molecule has 1 aromatic carbocycles. The third-order valence-electron chi connectivity index (χ3n) is 6.30. The van der Waals surface area contributed by atoms with E-state index in [0.717, 1.165) is 34.4 Å². The largest absolute Gasteiger partial charge is 0.486 e. The summed E-state index contributed by atoms with van der Waals surface area (Å²) in [4.78, 5) is 24.5. The minimum absolute atomic E-state index is 0.0391. The molecule has 0 bridgehead atoms. The topological polar surface area (TPSA) is 92.7 Å². The van der Waals surface area contributed by atoms with Gasteiger partial charge in [0.25, 0.3) is 0 Å². The van der Waals surface area contributed by atoms with Crippen LogP contribution in [0.1, 0.15) is 76.0 Å². The Bertz CT molecular complexity index is 1060. The molecule has 188 valence electrons. The summed E-state index contributed by atoms with van der Waals surface area (Å²) in [5, 5.41) is 9.14. The zero-order valence-electron chi connectivity index (χ0n) is 21.4. The number of carboxylic acid groups (broad SMARTS) is 1. The Hall–Kier alpha value is -2.03. The quantitative estimate of drug-likeness (QED) is 0.416. The normalized spacial score (nSPS) is 14.0. The van der Waals surface area contributed by atoms with Gasteiger partial charge in [0.2, 0.25) is 0 Å². The van der Waals surface area contributed by atoms with E-state index in [1.165, 1.54) is 18.3 Å². The summed E-state index contributed by atoms with van der Waals surface area (Å²) in [5.41, 5.74) is 2.25. The Morgan fingerprint density at radius 3 is 2.24 bits per heavy atom. The second kappa shape index (κ2) is 11.1. The molecule has 0 aliphatic heterocycles. The summed E-state index contributed by atoms with van der Waals surface area (Å²) in [6.45, 7) is 15.3. The van der Waals surface area contributed by atoms with Crippen LogP contribution in [0.15, 0.2) is 28.5 Å². The Labute approximate surface area is 209 Å². The van der Waals surface area contributed by atoms with Gasteiger partial charge in [-0.05, 0) is 62.4 Å². The van der Waals surface area contributed by atoms with Crippen molar-refractivity contribution in [3.05, 3.63) is 45.8 Å². The summed E-state index contributed by atoms with van der Waals surface area (Å²) in [6.07, 6.45) is 1.69. The van der Waals surface area contributed by atoms with Crippen molar-refractivity contribution in [3.8, 4) is 5.75 Å². The highest BCUT2D eigenvalue weighted by molar-refractivity contribution is 7.85. The van der Waals surface area contributed by atoms with Crippen molar-refractivity contribution in [1.82, 2.24) is 4.72 Å². The third kappa shape index (κ3) is 6.15. The van der Waals surface area contributed by atoms with Gasteiger partial charge in [-0.25, -0.2) is 8.93 Å². The number of carboxylic acids is 1. The number of hydrogen-bond acceptors (Lipinski definition) is 5. The average Bonchev–Trinajstić information content (AvgIpc) is 3.15. The molecule has 2 N–H and O–H groups in total. The summed E-state index contributed by atoms with van der Waals surface area (Å²) in [6, 6.07) is 7.25. The first-order chi connectivity index (χ1) is 15.8. The van der Waals surface area contributed by atoms with Gasteiger partial charge in [-0.15, -0.1) is 11.3 Å². The van der Waals surface area contributed by atoms with Crippen LogP contribution in [0.5, 0.6) is 5.75 Å². The lowest BCUT2D eigenvalue weighted by Crippen LogP contribution is -2.34. The molecule has 1 heterocycles. The minimum atomic E-state index is -1.61. The number of Topliss-reactive ketones (excluding diaryl/α,β-unsaturated/α-hetero) is 1. The maximum Gasteiger partial charge on any atom is 0.321 e. The minimum Gasteiger partial charge on any atom is -0.486 e. The number of aryl methyl sites for hydroxylation is 2. The number of rotatable bonds is 11. The second-order valence-corrected chi connectivity index (χ2v) is 12.3. The Kier molecular flexibility index (Phi) is 9.24. The number of carbonyl (C=O) groups excluding carboxylic acids is 1. The van der Waals surface area contributed by atoms with Crippen molar-refractivity contribution in [3.63, 3.8) is 0 Å². The van der Waals surface area contributed by atoms with Crippen LogP contribution in [0.25, 0.3) is 0 Å². The van der Waals surface area contributed by atoms with Gasteiger partial charge in [-0.3, -0.25) is 9.59 Å². The Morgan fingerprint density at radius 1 is 1.12 bits per heavy atom. The van der Waals surface area contributed by atoms with Gasteiger partial charge in [0.05, 0.1) is 0 Å². The molecular formula is C26H37NO5S2. The number of benzene rings is 1. The van der Waals surface area contributed by atoms with Crippen LogP contribution in [0.2, 0.25) is 0 Å². The van der Waals surface area contributed by atoms with Gasteiger partial charge in [0.15, 0.2) is 5.78 Å². The summed E-state index contributed by atoms with van der Waals surface area (Å²) in [7, 11) is -1.61. The predicted molar refractivity (Wildman–Crippen MR) is 138 cm³/mol. The fraction of sp³-hybridized carbons (Fsp3) is 0.538. The molecule has 0 aliphatic carbocycles. The summed E-state index contributed by atoms with van der Waals surface area (Å²) >= 11 is 1.47. The molecule has 6 nitrogen and oxygen atoms in total. The van der Waals surface area contributed by atoms with E-state index in [1.54, 1.807) is 0 Å². The van der Waals surface area contributed by atoms with E-state index in [4.69, 9.17) is 9.84 Å². The van der Waals surface area contributed by atoms with Crippen molar-refractivity contribution < 1.29 is 23.6 Å². The maximum atomic E-state index is 12.8. The number of hydrogen-bond donors (Lipinski definition) is 2. The van der Waals surface area contributed by atoms with Gasteiger partial charge in [-0.2, -0.15) is 0 Å². The number of aliphatic carboxylic acids is 1. The average molecular weight is 508 g/mol. The predicted octanol–water partition coefficient (Wildman–Crippen LogP) is 5.55. The molecule has 0 aliphatic rings. The van der Waals surface area contributed by atoms with Gasteiger partial charge >= 0.3 is 5.97 Å². The monoisotopic (exact) mass is 507 g/mol. The first-order valence-electron chi connectivity index (χ1n) is 11.6. The van der Waals surface area contributed by atoms with Crippen molar-refractivity contribution in [2.75, 3.05) is 6.61 Å². The highest BCUT2D eigenvalue weighted by Gasteiger charge is 2.34. The number of thiophene rings is 1. The zero-order valence-corrected chi connectivity index (χ0v) is 23.0. The van der Waals surface area contributed by atoms with E-state index in [0.29, 0.717) is 9.96 Å². The van der Waals surface area contributed by atoms with E-state index in [-0.39, 0.29) is 17.8 Å². The van der Waals surface area contributed by atoms with Crippen LogP contribution in [0, 0.1) is 19.3 Å². The van der Waals surface area contributed by atoms with Crippen LogP contribution in [-0.2, 0) is 26.0 Å². The van der Waals surface area contributed by atoms with Crippen molar-refractivity contribution in [1.29, 1.82) is 0 Å². The first-order valence-corrected chi connectivity index (χ1v) is 13.5. The molecule has 2 atom stereocenters. The smallest absolute Gasteiger partial charge is 0.321 e. The third-order valence-corrected chi connectivity index (χ3v) is 9.46. The molecule has 0 saturated carbocycles. The molecular weight excluding hydrogens is 470 g/mol. The molecule has 0 saturated heterocycles. The van der Waals surface area contributed by atoms with Crippen LogP contribution in [0.3, 0.4) is 0 Å². The SMILES string of the molecule is CCC(CC)(c1ccc(OCC(=O)C(C)(C)C)c(C)c1)c1cc(C)c(S(=O)N[C@H](C)C(=O)O)s1. The van der Waals surface area contributed by atoms with Crippen LogP contribution in [-0.4, -0.2) is 33.7 Å². The second-order valence-electron chi connectivity index (χ2n) is 9.76.